The van der Waals surface area contributed by atoms with Crippen molar-refractivity contribution >= 4 is 34.4 Å². The fourth-order valence-corrected chi connectivity index (χ4v) is 4.80. The topological polar surface area (TPSA) is 44.4 Å². The molecular weight excluding hydrogens is 418 g/mol. The maximum absolute atomic E-state index is 13.6. The molecule has 5 rings (SSSR count). The van der Waals surface area contributed by atoms with Gasteiger partial charge < -0.3 is 15.5 Å². The second-order valence-corrected chi connectivity index (χ2v) is 9.14. The zero-order chi connectivity index (χ0) is 22.2. The van der Waals surface area contributed by atoms with Crippen LogP contribution in [-0.2, 0) is 4.79 Å². The number of benzene rings is 3. The van der Waals surface area contributed by atoms with Crippen LogP contribution in [-0.4, -0.2) is 19.9 Å². The fourth-order valence-electron chi connectivity index (χ4n) is 4.68. The van der Waals surface area contributed by atoms with E-state index in [2.05, 4.69) is 51.9 Å². The molecule has 2 N–H and O–H groups in total. The Morgan fingerprint density at radius 1 is 0.844 bits per heavy atom. The molecule has 5 heteroatoms. The van der Waals surface area contributed by atoms with Gasteiger partial charge in [0.25, 0.3) is 0 Å². The van der Waals surface area contributed by atoms with E-state index in [1.165, 1.54) is 0 Å². The minimum absolute atomic E-state index is 0.132. The van der Waals surface area contributed by atoms with Crippen LogP contribution in [0.1, 0.15) is 35.9 Å². The summed E-state index contributed by atoms with van der Waals surface area (Å²) in [5, 5.41) is 7.95. The van der Waals surface area contributed by atoms with Crippen molar-refractivity contribution in [2.75, 3.05) is 29.6 Å². The van der Waals surface area contributed by atoms with Gasteiger partial charge in [-0.3, -0.25) is 4.79 Å². The molecule has 3 aromatic carbocycles. The standard InChI is InChI=1S/C27H26ClN3O/c1-31(2)21-13-9-18(10-14-21)27-26-24(29-22-5-3-4-6-23(22)30-27)15-19(16-25(26)32)17-7-11-20(28)12-8-17/h3-14,19,27,29-30H,15-16H2,1-2H3/t19-,27+/m1/s1. The molecule has 0 spiro atoms. The van der Waals surface area contributed by atoms with Crippen LogP contribution < -0.4 is 15.5 Å². The Labute approximate surface area is 193 Å². The van der Waals surface area contributed by atoms with Gasteiger partial charge in [-0.05, 0) is 59.9 Å². The zero-order valence-corrected chi connectivity index (χ0v) is 19.0. The molecule has 1 aliphatic carbocycles. The summed E-state index contributed by atoms with van der Waals surface area (Å²) in [5.74, 6) is 0.314. The van der Waals surface area contributed by atoms with Gasteiger partial charge >= 0.3 is 0 Å². The van der Waals surface area contributed by atoms with Gasteiger partial charge in [0.05, 0.1) is 17.4 Å². The highest BCUT2D eigenvalue weighted by atomic mass is 35.5. The molecule has 2 atom stereocenters. The van der Waals surface area contributed by atoms with Crippen molar-refractivity contribution in [3.8, 4) is 0 Å². The highest BCUT2D eigenvalue weighted by Gasteiger charge is 2.36. The van der Waals surface area contributed by atoms with E-state index in [1.54, 1.807) is 0 Å². The number of anilines is 3. The Balaban J connectivity index is 1.58. The molecule has 3 aromatic rings. The van der Waals surface area contributed by atoms with Crippen LogP contribution >= 0.6 is 11.6 Å². The molecule has 1 heterocycles. The number of rotatable bonds is 3. The van der Waals surface area contributed by atoms with Gasteiger partial charge in [0.1, 0.15) is 0 Å². The van der Waals surface area contributed by atoms with E-state index in [-0.39, 0.29) is 17.7 Å². The normalized spacial score (nSPS) is 19.9. The Hall–Kier alpha value is -3.24. The van der Waals surface area contributed by atoms with Crippen LogP contribution in [0.25, 0.3) is 0 Å². The number of nitrogens with one attached hydrogen (secondary N) is 2. The number of hydrogen-bond acceptors (Lipinski definition) is 4. The number of allylic oxidation sites excluding steroid dienone is 1. The largest absolute Gasteiger partial charge is 0.378 e. The lowest BCUT2D eigenvalue weighted by molar-refractivity contribution is -0.116. The summed E-state index contributed by atoms with van der Waals surface area (Å²) < 4.78 is 0. The van der Waals surface area contributed by atoms with Crippen LogP contribution in [0.15, 0.2) is 84.1 Å². The number of carbonyl (C=O) groups excluding carboxylic acids is 1. The number of ketones is 1. The van der Waals surface area contributed by atoms with Crippen molar-refractivity contribution in [3.05, 3.63) is 100 Å². The van der Waals surface area contributed by atoms with E-state index in [0.29, 0.717) is 11.4 Å². The molecule has 4 nitrogen and oxygen atoms in total. The summed E-state index contributed by atoms with van der Waals surface area (Å²) >= 11 is 6.09. The lowest BCUT2D eigenvalue weighted by Gasteiger charge is -2.30. The maximum Gasteiger partial charge on any atom is 0.163 e. The lowest BCUT2D eigenvalue weighted by atomic mass is 9.78. The van der Waals surface area contributed by atoms with Gasteiger partial charge in [-0.25, -0.2) is 0 Å². The van der Waals surface area contributed by atoms with Crippen LogP contribution in [0, 0.1) is 0 Å². The average Bonchev–Trinajstić information content (AvgIpc) is 2.96. The summed E-state index contributed by atoms with van der Waals surface area (Å²) in [7, 11) is 4.06. The SMILES string of the molecule is CN(C)c1ccc([C@@H]2Nc3ccccc3NC3=C2C(=O)C[C@H](c2ccc(Cl)cc2)C3)cc1. The third kappa shape index (κ3) is 3.87. The molecule has 0 radical (unpaired) electrons. The predicted octanol–water partition coefficient (Wildman–Crippen LogP) is 6.39. The highest BCUT2D eigenvalue weighted by molar-refractivity contribution is 6.30. The molecule has 0 saturated carbocycles. The molecule has 1 aliphatic heterocycles. The van der Waals surface area contributed by atoms with E-state index in [9.17, 15) is 4.79 Å². The molecule has 2 aliphatic rings. The average molecular weight is 444 g/mol. The van der Waals surface area contributed by atoms with Crippen LogP contribution in [0.5, 0.6) is 0 Å². The Kier molecular flexibility index (Phi) is 5.40. The van der Waals surface area contributed by atoms with Crippen molar-refractivity contribution in [2.24, 2.45) is 0 Å². The van der Waals surface area contributed by atoms with Crippen LogP contribution in [0.2, 0.25) is 5.02 Å². The third-order valence-electron chi connectivity index (χ3n) is 6.39. The summed E-state index contributed by atoms with van der Waals surface area (Å²) in [6.07, 6.45) is 1.28. The van der Waals surface area contributed by atoms with Crippen LogP contribution in [0.4, 0.5) is 17.1 Å². The summed E-state index contributed by atoms with van der Waals surface area (Å²) in [6, 6.07) is 24.3. The molecule has 0 unspecified atom stereocenters. The van der Waals surface area contributed by atoms with E-state index in [4.69, 9.17) is 11.6 Å². The summed E-state index contributed by atoms with van der Waals surface area (Å²) in [6.45, 7) is 0. The van der Waals surface area contributed by atoms with Gasteiger partial charge in [0.2, 0.25) is 0 Å². The molecule has 0 aromatic heterocycles. The molecule has 32 heavy (non-hydrogen) atoms. The van der Waals surface area contributed by atoms with Crippen molar-refractivity contribution in [1.29, 1.82) is 0 Å². The molecule has 0 bridgehead atoms. The predicted molar refractivity (Wildman–Crippen MR) is 133 cm³/mol. The number of nitrogens with zero attached hydrogens (tertiary/aromatic N) is 1. The van der Waals surface area contributed by atoms with E-state index < -0.39 is 0 Å². The third-order valence-corrected chi connectivity index (χ3v) is 6.65. The number of hydrogen-bond donors (Lipinski definition) is 2. The smallest absolute Gasteiger partial charge is 0.163 e. The van der Waals surface area contributed by atoms with E-state index in [0.717, 1.165) is 45.9 Å². The minimum atomic E-state index is -0.198. The van der Waals surface area contributed by atoms with Gasteiger partial charge in [-0.15, -0.1) is 0 Å². The Bertz CT molecular complexity index is 1180. The van der Waals surface area contributed by atoms with Gasteiger partial charge in [-0.2, -0.15) is 0 Å². The minimum Gasteiger partial charge on any atom is -0.378 e. The van der Waals surface area contributed by atoms with Gasteiger partial charge in [0, 0.05) is 42.5 Å². The fraction of sp³-hybridized carbons (Fsp3) is 0.222. The van der Waals surface area contributed by atoms with Crippen molar-refractivity contribution in [2.45, 2.75) is 24.8 Å². The second-order valence-electron chi connectivity index (χ2n) is 8.71. The first-order valence-electron chi connectivity index (χ1n) is 10.9. The zero-order valence-electron chi connectivity index (χ0n) is 18.2. The lowest BCUT2D eigenvalue weighted by Crippen LogP contribution is -2.26. The van der Waals surface area contributed by atoms with E-state index in [1.807, 2.05) is 50.5 Å². The summed E-state index contributed by atoms with van der Waals surface area (Å²) in [4.78, 5) is 15.6. The molecular formula is C27H26ClN3O. The first kappa shape index (κ1) is 20.7. The Morgan fingerprint density at radius 3 is 2.19 bits per heavy atom. The quantitative estimate of drug-likeness (QED) is 0.492. The van der Waals surface area contributed by atoms with Crippen molar-refractivity contribution in [3.63, 3.8) is 0 Å². The van der Waals surface area contributed by atoms with Crippen LogP contribution in [0.3, 0.4) is 0 Å². The van der Waals surface area contributed by atoms with Gasteiger partial charge in [-0.1, -0.05) is 48.0 Å². The van der Waals surface area contributed by atoms with Crippen molar-refractivity contribution in [1.82, 2.24) is 0 Å². The number of fused-ring (bicyclic) bond motifs is 1. The monoisotopic (exact) mass is 443 g/mol. The molecule has 0 fully saturated rings. The van der Waals surface area contributed by atoms with Crippen molar-refractivity contribution < 1.29 is 4.79 Å². The van der Waals surface area contributed by atoms with E-state index >= 15 is 0 Å². The number of para-hydroxylation sites is 2. The second kappa shape index (κ2) is 8.36. The molecule has 162 valence electrons. The number of carbonyl (C=O) groups is 1. The highest BCUT2D eigenvalue weighted by Crippen LogP contribution is 2.44. The first-order chi connectivity index (χ1) is 15.5. The van der Waals surface area contributed by atoms with Gasteiger partial charge in [0.15, 0.2) is 5.78 Å². The Morgan fingerprint density at radius 2 is 1.50 bits per heavy atom. The number of halogens is 1. The maximum atomic E-state index is 13.6. The summed E-state index contributed by atoms with van der Waals surface area (Å²) in [5.41, 5.74) is 7.20. The molecule has 0 amide bonds. The first-order valence-corrected chi connectivity index (χ1v) is 11.3. The molecule has 0 saturated heterocycles. The number of Topliss-reactive ketones (excluding diaryl/α,β-unsaturated/α-hetero) is 1.